The zero-order chi connectivity index (χ0) is 13.8. The van der Waals surface area contributed by atoms with E-state index in [0.29, 0.717) is 10.8 Å². The van der Waals surface area contributed by atoms with Crippen LogP contribution < -0.4 is 10.5 Å². The number of benzene rings is 2. The lowest BCUT2D eigenvalue weighted by molar-refractivity contribution is 0.415. The molecule has 2 rings (SSSR count). The molecule has 0 fully saturated rings. The first-order chi connectivity index (χ1) is 9.15. The molecule has 0 aliphatic heterocycles. The van der Waals surface area contributed by atoms with Crippen molar-refractivity contribution < 1.29 is 4.74 Å². The topological polar surface area (TPSA) is 35.2 Å². The van der Waals surface area contributed by atoms with Crippen LogP contribution in [0.4, 0.5) is 0 Å². The summed E-state index contributed by atoms with van der Waals surface area (Å²) >= 11 is 7.84. The third-order valence-corrected chi connectivity index (χ3v) is 4.05. The molecule has 0 aliphatic carbocycles. The minimum absolute atomic E-state index is 0.181. The first-order valence-electron chi connectivity index (χ1n) is 5.88. The Morgan fingerprint density at radius 3 is 2.26 bits per heavy atom. The Morgan fingerprint density at radius 1 is 1.11 bits per heavy atom. The van der Waals surface area contributed by atoms with Crippen LogP contribution in [0.3, 0.4) is 0 Å². The van der Waals surface area contributed by atoms with E-state index in [1.807, 2.05) is 18.2 Å². The lowest BCUT2D eigenvalue weighted by Gasteiger charge is -2.14. The molecule has 0 aromatic heterocycles. The van der Waals surface area contributed by atoms with E-state index in [4.69, 9.17) is 22.1 Å². The normalized spacial score (nSPS) is 12.2. The summed E-state index contributed by atoms with van der Waals surface area (Å²) in [6, 6.07) is 13.7. The van der Waals surface area contributed by atoms with Crippen molar-refractivity contribution in [3.05, 3.63) is 58.6 Å². The van der Waals surface area contributed by atoms with Crippen LogP contribution in [0.15, 0.2) is 47.4 Å². The average molecular weight is 294 g/mol. The SMILES string of the molecule is COc1ccc(C(N)c2ccc(SC)cc2)cc1Cl. The van der Waals surface area contributed by atoms with Gasteiger partial charge in [0.15, 0.2) is 0 Å². The maximum Gasteiger partial charge on any atom is 0.137 e. The lowest BCUT2D eigenvalue weighted by atomic mass is 10.00. The van der Waals surface area contributed by atoms with E-state index < -0.39 is 0 Å². The van der Waals surface area contributed by atoms with E-state index in [0.717, 1.165) is 11.1 Å². The maximum atomic E-state index is 6.26. The highest BCUT2D eigenvalue weighted by Gasteiger charge is 2.11. The van der Waals surface area contributed by atoms with Gasteiger partial charge in [-0.3, -0.25) is 0 Å². The van der Waals surface area contributed by atoms with Crippen molar-refractivity contribution >= 4 is 23.4 Å². The molecule has 0 radical (unpaired) electrons. The number of nitrogens with two attached hydrogens (primary N) is 1. The first-order valence-corrected chi connectivity index (χ1v) is 7.49. The number of rotatable bonds is 4. The molecule has 1 unspecified atom stereocenters. The van der Waals surface area contributed by atoms with Crippen LogP contribution in [0.25, 0.3) is 0 Å². The second kappa shape index (κ2) is 6.33. The van der Waals surface area contributed by atoms with Gasteiger partial charge >= 0.3 is 0 Å². The minimum atomic E-state index is -0.181. The Hall–Kier alpha value is -1.16. The highest BCUT2D eigenvalue weighted by molar-refractivity contribution is 7.98. The number of hydrogen-bond donors (Lipinski definition) is 1. The average Bonchev–Trinajstić information content (AvgIpc) is 2.46. The summed E-state index contributed by atoms with van der Waals surface area (Å²) in [7, 11) is 1.60. The van der Waals surface area contributed by atoms with Gasteiger partial charge in [-0.25, -0.2) is 0 Å². The predicted octanol–water partition coefficient (Wildman–Crippen LogP) is 4.12. The molecule has 0 saturated heterocycles. The van der Waals surface area contributed by atoms with Crippen LogP contribution in [-0.4, -0.2) is 13.4 Å². The molecule has 2 aromatic rings. The summed E-state index contributed by atoms with van der Waals surface area (Å²) in [5.41, 5.74) is 8.31. The highest BCUT2D eigenvalue weighted by Crippen LogP contribution is 2.29. The van der Waals surface area contributed by atoms with Gasteiger partial charge in [-0.15, -0.1) is 11.8 Å². The van der Waals surface area contributed by atoms with Gasteiger partial charge in [-0.2, -0.15) is 0 Å². The van der Waals surface area contributed by atoms with Crippen molar-refractivity contribution in [1.29, 1.82) is 0 Å². The van der Waals surface area contributed by atoms with E-state index in [2.05, 4.69) is 30.5 Å². The first kappa shape index (κ1) is 14.3. The van der Waals surface area contributed by atoms with Gasteiger partial charge in [-0.1, -0.05) is 29.8 Å². The third-order valence-electron chi connectivity index (χ3n) is 3.01. The van der Waals surface area contributed by atoms with Gasteiger partial charge < -0.3 is 10.5 Å². The zero-order valence-corrected chi connectivity index (χ0v) is 12.5. The van der Waals surface area contributed by atoms with Crippen molar-refractivity contribution in [2.75, 3.05) is 13.4 Å². The molecule has 0 amide bonds. The Morgan fingerprint density at radius 2 is 1.74 bits per heavy atom. The molecule has 0 spiro atoms. The smallest absolute Gasteiger partial charge is 0.137 e. The second-order valence-corrected chi connectivity index (χ2v) is 5.43. The van der Waals surface area contributed by atoms with Gasteiger partial charge in [-0.05, 0) is 41.6 Å². The number of hydrogen-bond acceptors (Lipinski definition) is 3. The maximum absolute atomic E-state index is 6.26. The Bertz CT molecular complexity index is 557. The third kappa shape index (κ3) is 3.24. The monoisotopic (exact) mass is 293 g/mol. The predicted molar refractivity (Wildman–Crippen MR) is 82.3 cm³/mol. The Labute approximate surface area is 122 Å². The lowest BCUT2D eigenvalue weighted by Crippen LogP contribution is -2.11. The van der Waals surface area contributed by atoms with E-state index in [-0.39, 0.29) is 6.04 Å². The van der Waals surface area contributed by atoms with Crippen LogP contribution in [0.1, 0.15) is 17.2 Å². The molecule has 4 heteroatoms. The van der Waals surface area contributed by atoms with Gasteiger partial charge in [0.25, 0.3) is 0 Å². The molecule has 0 bridgehead atoms. The molecule has 2 N–H and O–H groups in total. The van der Waals surface area contributed by atoms with Crippen LogP contribution in [0.5, 0.6) is 5.75 Å². The summed E-state index contributed by atoms with van der Waals surface area (Å²) < 4.78 is 5.14. The molecule has 2 aromatic carbocycles. The van der Waals surface area contributed by atoms with E-state index in [1.165, 1.54) is 4.90 Å². The number of thioether (sulfide) groups is 1. The second-order valence-electron chi connectivity index (χ2n) is 4.14. The van der Waals surface area contributed by atoms with E-state index >= 15 is 0 Å². The van der Waals surface area contributed by atoms with Crippen molar-refractivity contribution in [1.82, 2.24) is 0 Å². The summed E-state index contributed by atoms with van der Waals surface area (Å²) in [6.07, 6.45) is 2.05. The molecule has 19 heavy (non-hydrogen) atoms. The van der Waals surface area contributed by atoms with Gasteiger partial charge in [0.1, 0.15) is 5.75 Å². The van der Waals surface area contributed by atoms with Gasteiger partial charge in [0.2, 0.25) is 0 Å². The molecule has 100 valence electrons. The summed E-state index contributed by atoms with van der Waals surface area (Å²) in [4.78, 5) is 1.23. The standard InChI is InChI=1S/C15H16ClNOS/c1-18-14-8-5-11(9-13(14)16)15(17)10-3-6-12(19-2)7-4-10/h3-9,15H,17H2,1-2H3. The van der Waals surface area contributed by atoms with Gasteiger partial charge in [0, 0.05) is 4.90 Å². The van der Waals surface area contributed by atoms with Crippen molar-refractivity contribution in [3.63, 3.8) is 0 Å². The number of halogens is 1. The summed E-state index contributed by atoms with van der Waals surface area (Å²) in [6.45, 7) is 0. The minimum Gasteiger partial charge on any atom is -0.495 e. The number of methoxy groups -OCH3 is 1. The van der Waals surface area contributed by atoms with E-state index in [1.54, 1.807) is 18.9 Å². The van der Waals surface area contributed by atoms with Crippen molar-refractivity contribution in [2.45, 2.75) is 10.9 Å². The van der Waals surface area contributed by atoms with Crippen molar-refractivity contribution in [3.8, 4) is 5.75 Å². The van der Waals surface area contributed by atoms with Gasteiger partial charge in [0.05, 0.1) is 18.2 Å². The Balaban J connectivity index is 2.27. The molecule has 0 saturated carbocycles. The molecule has 0 aliphatic rings. The highest BCUT2D eigenvalue weighted by atomic mass is 35.5. The Kier molecular flexibility index (Phi) is 4.75. The molecule has 2 nitrogen and oxygen atoms in total. The van der Waals surface area contributed by atoms with Crippen LogP contribution in [0, 0.1) is 0 Å². The molecular formula is C15H16ClNOS. The van der Waals surface area contributed by atoms with Crippen LogP contribution in [-0.2, 0) is 0 Å². The summed E-state index contributed by atoms with van der Waals surface area (Å²) in [5.74, 6) is 0.662. The van der Waals surface area contributed by atoms with Crippen LogP contribution in [0.2, 0.25) is 5.02 Å². The molecule has 0 heterocycles. The largest absolute Gasteiger partial charge is 0.495 e. The number of ether oxygens (including phenoxy) is 1. The van der Waals surface area contributed by atoms with E-state index in [9.17, 15) is 0 Å². The fourth-order valence-corrected chi connectivity index (χ4v) is 2.55. The quantitative estimate of drug-likeness (QED) is 0.861. The zero-order valence-electron chi connectivity index (χ0n) is 10.9. The molecular weight excluding hydrogens is 278 g/mol. The fourth-order valence-electron chi connectivity index (χ4n) is 1.88. The fraction of sp³-hybridized carbons (Fsp3) is 0.200. The van der Waals surface area contributed by atoms with Crippen LogP contribution >= 0.6 is 23.4 Å². The van der Waals surface area contributed by atoms with Crippen molar-refractivity contribution in [2.24, 2.45) is 5.73 Å². The summed E-state index contributed by atoms with van der Waals surface area (Å²) in [5, 5.41) is 0.580. The molecule has 1 atom stereocenters.